The molecule has 0 aliphatic heterocycles. The molecular formula is C19H16F3N5O6S. The average molecular weight is 499 g/mol. The van der Waals surface area contributed by atoms with Gasteiger partial charge in [-0.15, -0.1) is 13.2 Å². The van der Waals surface area contributed by atoms with Gasteiger partial charge in [0.25, 0.3) is 17.3 Å². The molecular weight excluding hydrogens is 483 g/mol. The summed E-state index contributed by atoms with van der Waals surface area (Å²) in [6.45, 7) is 0.384. The maximum absolute atomic E-state index is 13.3. The van der Waals surface area contributed by atoms with Gasteiger partial charge in [-0.1, -0.05) is 11.3 Å². The fraction of sp³-hybridized carbons (Fsp3) is 0.263. The molecule has 1 amide bonds. The highest BCUT2D eigenvalue weighted by Gasteiger charge is 2.31. The molecule has 0 N–H and O–H groups in total. The summed E-state index contributed by atoms with van der Waals surface area (Å²) >= 11 is 0.902. The summed E-state index contributed by atoms with van der Waals surface area (Å²) in [4.78, 5) is 41.2. The second-order valence-corrected chi connectivity index (χ2v) is 8.20. The minimum Gasteiger partial charge on any atom is -0.406 e. The molecule has 0 saturated carbocycles. The molecule has 3 aromatic rings. The van der Waals surface area contributed by atoms with Crippen molar-refractivity contribution in [3.05, 3.63) is 62.2 Å². The number of benzene rings is 2. The van der Waals surface area contributed by atoms with Crippen molar-refractivity contribution < 1.29 is 32.5 Å². The molecule has 1 aromatic heterocycles. The molecule has 2 aromatic carbocycles. The van der Waals surface area contributed by atoms with E-state index in [0.717, 1.165) is 46.6 Å². The quantitative estimate of drug-likeness (QED) is 0.332. The molecule has 3 rings (SSSR count). The lowest BCUT2D eigenvalue weighted by molar-refractivity contribution is -0.394. The number of carbonyl (C=O) groups excluding carboxylic acids is 1. The Bertz CT molecular complexity index is 1230. The number of fused-ring (bicyclic) bond motifs is 1. The van der Waals surface area contributed by atoms with Crippen LogP contribution in [0.15, 0.2) is 36.4 Å². The van der Waals surface area contributed by atoms with Gasteiger partial charge in [-0.3, -0.25) is 29.9 Å². The number of alkyl halides is 3. The van der Waals surface area contributed by atoms with E-state index in [2.05, 4.69) is 9.72 Å². The van der Waals surface area contributed by atoms with Gasteiger partial charge in [-0.25, -0.2) is 4.98 Å². The van der Waals surface area contributed by atoms with E-state index >= 15 is 0 Å². The first-order valence-electron chi connectivity index (χ1n) is 9.41. The van der Waals surface area contributed by atoms with Gasteiger partial charge in [0.1, 0.15) is 5.75 Å². The Morgan fingerprint density at radius 1 is 1.06 bits per heavy atom. The van der Waals surface area contributed by atoms with Gasteiger partial charge in [-0.05, 0) is 26.2 Å². The van der Waals surface area contributed by atoms with Crippen LogP contribution in [0, 0.1) is 20.2 Å². The number of carbonyl (C=O) groups is 1. The topological polar surface area (TPSA) is 132 Å². The molecule has 0 unspecified atom stereocenters. The van der Waals surface area contributed by atoms with Gasteiger partial charge >= 0.3 is 6.36 Å². The molecule has 0 aliphatic rings. The van der Waals surface area contributed by atoms with Crippen LogP contribution in [0.1, 0.15) is 10.4 Å². The summed E-state index contributed by atoms with van der Waals surface area (Å²) in [6, 6.07) is 6.07. The van der Waals surface area contributed by atoms with Gasteiger partial charge < -0.3 is 9.64 Å². The number of thiazole rings is 1. The molecule has 180 valence electrons. The van der Waals surface area contributed by atoms with E-state index in [-0.39, 0.29) is 17.2 Å². The van der Waals surface area contributed by atoms with Crippen molar-refractivity contribution >= 4 is 44.0 Å². The van der Waals surface area contributed by atoms with Crippen molar-refractivity contribution in [2.24, 2.45) is 0 Å². The second kappa shape index (κ2) is 9.56. The standard InChI is InChI=1S/C19H16F3N5O6S/c1-24(2)5-6-25(17(28)11-7-12(26(29)30)9-13(8-11)27(31)32)18-23-15-4-3-14(10-16(15)34-18)33-19(20,21)22/h3-4,7-10H,5-6H2,1-2H3. The van der Waals surface area contributed by atoms with Crippen LogP contribution in [0.5, 0.6) is 5.75 Å². The number of nitrogens with zero attached hydrogens (tertiary/aromatic N) is 5. The van der Waals surface area contributed by atoms with Crippen molar-refractivity contribution in [2.75, 3.05) is 32.1 Å². The second-order valence-electron chi connectivity index (χ2n) is 7.19. The largest absolute Gasteiger partial charge is 0.573 e. The minimum absolute atomic E-state index is 0.0497. The molecule has 0 radical (unpaired) electrons. The predicted molar refractivity (Wildman–Crippen MR) is 116 cm³/mol. The fourth-order valence-electron chi connectivity index (χ4n) is 2.87. The Labute approximate surface area is 193 Å². The van der Waals surface area contributed by atoms with E-state index in [1.807, 2.05) is 0 Å². The number of ether oxygens (including phenoxy) is 1. The Hall–Kier alpha value is -3.85. The van der Waals surface area contributed by atoms with Crippen molar-refractivity contribution in [1.29, 1.82) is 0 Å². The number of hydrogen-bond donors (Lipinski definition) is 0. The third-order valence-electron chi connectivity index (χ3n) is 4.40. The third-order valence-corrected chi connectivity index (χ3v) is 5.44. The number of anilines is 1. The summed E-state index contributed by atoms with van der Waals surface area (Å²) in [5.74, 6) is -1.25. The van der Waals surface area contributed by atoms with Crippen LogP contribution in [0.3, 0.4) is 0 Å². The summed E-state index contributed by atoms with van der Waals surface area (Å²) in [5, 5.41) is 22.5. The Kier molecular flexibility index (Phi) is 6.97. The number of aromatic nitrogens is 1. The Balaban J connectivity index is 2.05. The zero-order valence-electron chi connectivity index (χ0n) is 17.6. The highest BCUT2D eigenvalue weighted by Crippen LogP contribution is 2.34. The van der Waals surface area contributed by atoms with E-state index in [4.69, 9.17) is 0 Å². The van der Waals surface area contributed by atoms with Crippen molar-refractivity contribution in [1.82, 2.24) is 9.88 Å². The molecule has 0 saturated heterocycles. The molecule has 11 nitrogen and oxygen atoms in total. The first-order chi connectivity index (χ1) is 15.8. The molecule has 0 aliphatic carbocycles. The third kappa shape index (κ3) is 5.93. The van der Waals surface area contributed by atoms with Crippen LogP contribution in [0.2, 0.25) is 0 Å². The van der Waals surface area contributed by atoms with E-state index in [1.165, 1.54) is 6.07 Å². The lowest BCUT2D eigenvalue weighted by Gasteiger charge is -2.22. The molecule has 0 atom stereocenters. The molecule has 0 spiro atoms. The van der Waals surface area contributed by atoms with Gasteiger partial charge in [0.2, 0.25) is 0 Å². The monoisotopic (exact) mass is 499 g/mol. The number of nitro groups is 2. The SMILES string of the molecule is CN(C)CCN(C(=O)c1cc([N+](=O)[O-])cc([N+](=O)[O-])c1)c1nc2ccc(OC(F)(F)F)cc2s1. The average Bonchev–Trinajstić information content (AvgIpc) is 3.14. The van der Waals surface area contributed by atoms with Crippen LogP contribution in [-0.2, 0) is 0 Å². The summed E-state index contributed by atoms with van der Waals surface area (Å²) in [5.41, 5.74) is -1.28. The number of halogens is 3. The Morgan fingerprint density at radius 3 is 2.21 bits per heavy atom. The predicted octanol–water partition coefficient (Wildman–Crippen LogP) is 4.22. The summed E-state index contributed by atoms with van der Waals surface area (Å²) in [6.07, 6.45) is -4.88. The molecule has 0 fully saturated rings. The van der Waals surface area contributed by atoms with Crippen LogP contribution in [-0.4, -0.2) is 59.2 Å². The summed E-state index contributed by atoms with van der Waals surface area (Å²) in [7, 11) is 3.47. The highest BCUT2D eigenvalue weighted by atomic mass is 32.1. The van der Waals surface area contributed by atoms with Crippen LogP contribution >= 0.6 is 11.3 Å². The maximum atomic E-state index is 13.3. The maximum Gasteiger partial charge on any atom is 0.573 e. The molecule has 34 heavy (non-hydrogen) atoms. The smallest absolute Gasteiger partial charge is 0.406 e. The van der Waals surface area contributed by atoms with Gasteiger partial charge in [0.05, 0.1) is 31.7 Å². The van der Waals surface area contributed by atoms with Crippen molar-refractivity contribution in [3.63, 3.8) is 0 Å². The molecule has 0 bridgehead atoms. The van der Waals surface area contributed by atoms with Gasteiger partial charge in [0, 0.05) is 31.3 Å². The number of hydrogen-bond acceptors (Lipinski definition) is 9. The van der Waals surface area contributed by atoms with Gasteiger partial charge in [-0.2, -0.15) is 0 Å². The van der Waals surface area contributed by atoms with Crippen LogP contribution in [0.25, 0.3) is 10.2 Å². The van der Waals surface area contributed by atoms with Crippen molar-refractivity contribution in [2.45, 2.75) is 6.36 Å². The highest BCUT2D eigenvalue weighted by molar-refractivity contribution is 7.22. The molecule has 15 heteroatoms. The number of nitro benzene ring substituents is 2. The zero-order valence-corrected chi connectivity index (χ0v) is 18.4. The first-order valence-corrected chi connectivity index (χ1v) is 10.2. The van der Waals surface area contributed by atoms with E-state index < -0.39 is 39.2 Å². The van der Waals surface area contributed by atoms with E-state index in [1.54, 1.807) is 19.0 Å². The van der Waals surface area contributed by atoms with Gasteiger partial charge in [0.15, 0.2) is 5.13 Å². The fourth-order valence-corrected chi connectivity index (χ4v) is 3.89. The minimum atomic E-state index is -4.88. The number of amides is 1. The number of likely N-dealkylation sites (N-methyl/N-ethyl adjacent to an activating group) is 1. The van der Waals surface area contributed by atoms with Crippen molar-refractivity contribution in [3.8, 4) is 5.75 Å². The number of rotatable bonds is 8. The number of non-ortho nitro benzene ring substituents is 2. The normalized spacial score (nSPS) is 11.6. The lowest BCUT2D eigenvalue weighted by atomic mass is 10.1. The van der Waals surface area contributed by atoms with E-state index in [9.17, 15) is 38.2 Å². The van der Waals surface area contributed by atoms with Crippen LogP contribution in [0.4, 0.5) is 29.7 Å². The Morgan fingerprint density at radius 2 is 1.68 bits per heavy atom. The van der Waals surface area contributed by atoms with Crippen LogP contribution < -0.4 is 9.64 Å². The zero-order chi connectivity index (χ0) is 25.2. The first kappa shape index (κ1) is 24.8. The summed E-state index contributed by atoms with van der Waals surface area (Å²) < 4.78 is 41.8. The lowest BCUT2D eigenvalue weighted by Crippen LogP contribution is -2.36. The van der Waals surface area contributed by atoms with E-state index in [0.29, 0.717) is 16.8 Å². The molecule has 1 heterocycles.